The molecule has 3 rings (SSSR count). The van der Waals surface area contributed by atoms with E-state index in [0.717, 1.165) is 5.56 Å². The highest BCUT2D eigenvalue weighted by molar-refractivity contribution is 5.97. The molecule has 0 bridgehead atoms. The third-order valence-electron chi connectivity index (χ3n) is 4.39. The molecule has 124 valence electrons. The van der Waals surface area contributed by atoms with Crippen molar-refractivity contribution in [1.29, 1.82) is 0 Å². The number of nitrogens with zero attached hydrogens (tertiary/aromatic N) is 1. The van der Waals surface area contributed by atoms with Crippen molar-refractivity contribution in [2.45, 2.75) is 19.4 Å². The molecule has 4 nitrogen and oxygen atoms in total. The summed E-state index contributed by atoms with van der Waals surface area (Å²) in [6, 6.07) is 15.3. The van der Waals surface area contributed by atoms with Crippen molar-refractivity contribution in [2.75, 3.05) is 11.9 Å². The summed E-state index contributed by atoms with van der Waals surface area (Å²) < 4.78 is 12.9. The molecule has 0 radical (unpaired) electrons. The Hall–Kier alpha value is -2.69. The van der Waals surface area contributed by atoms with Crippen LogP contribution in [0, 0.1) is 11.7 Å². The summed E-state index contributed by atoms with van der Waals surface area (Å²) in [6.07, 6.45) is 0.199. The molecule has 1 saturated heterocycles. The molecule has 0 unspecified atom stereocenters. The van der Waals surface area contributed by atoms with Gasteiger partial charge in [0.05, 0.1) is 12.0 Å². The van der Waals surface area contributed by atoms with Crippen molar-refractivity contribution in [3.8, 4) is 0 Å². The number of anilines is 1. The maximum absolute atomic E-state index is 12.9. The van der Waals surface area contributed by atoms with E-state index in [-0.39, 0.29) is 30.1 Å². The standard InChI is InChI=1S/C19H19FN2O2/c1-13(14-5-3-2-4-6-14)22-12-15(11-18(22)23)19(24)21-17-9-7-16(20)8-10-17/h2-10,13,15H,11-12H2,1H3,(H,21,24)/t13-,15-/m1/s1. The summed E-state index contributed by atoms with van der Waals surface area (Å²) in [5.74, 6) is -0.982. The van der Waals surface area contributed by atoms with Gasteiger partial charge in [0.25, 0.3) is 0 Å². The van der Waals surface area contributed by atoms with Gasteiger partial charge in [-0.15, -0.1) is 0 Å². The first-order valence-corrected chi connectivity index (χ1v) is 7.95. The Morgan fingerprint density at radius 2 is 1.83 bits per heavy atom. The van der Waals surface area contributed by atoms with Crippen molar-refractivity contribution in [2.24, 2.45) is 5.92 Å². The zero-order chi connectivity index (χ0) is 17.1. The topological polar surface area (TPSA) is 49.4 Å². The third-order valence-corrected chi connectivity index (χ3v) is 4.39. The number of carbonyl (C=O) groups excluding carboxylic acids is 2. The number of hydrogen-bond donors (Lipinski definition) is 1. The molecule has 1 aliphatic rings. The van der Waals surface area contributed by atoms with E-state index in [0.29, 0.717) is 12.2 Å². The predicted octanol–water partition coefficient (Wildman–Crippen LogP) is 3.37. The van der Waals surface area contributed by atoms with Gasteiger partial charge in [-0.3, -0.25) is 9.59 Å². The molecule has 0 aromatic heterocycles. The lowest BCUT2D eigenvalue weighted by atomic mass is 10.1. The molecule has 1 fully saturated rings. The Morgan fingerprint density at radius 3 is 2.50 bits per heavy atom. The molecule has 2 atom stereocenters. The van der Waals surface area contributed by atoms with Gasteiger partial charge >= 0.3 is 0 Å². The minimum atomic E-state index is -0.395. The molecule has 1 aliphatic heterocycles. The second kappa shape index (κ2) is 6.83. The van der Waals surface area contributed by atoms with Crippen molar-refractivity contribution < 1.29 is 14.0 Å². The second-order valence-electron chi connectivity index (χ2n) is 6.03. The Kier molecular flexibility index (Phi) is 4.60. The van der Waals surface area contributed by atoms with Gasteiger partial charge in [0.1, 0.15) is 5.82 Å². The molecule has 0 saturated carbocycles. The number of likely N-dealkylation sites (tertiary alicyclic amines) is 1. The average Bonchev–Trinajstić information content (AvgIpc) is 2.99. The van der Waals surface area contributed by atoms with E-state index in [1.54, 1.807) is 4.90 Å². The minimum absolute atomic E-state index is 0.0226. The fourth-order valence-corrected chi connectivity index (χ4v) is 2.97. The Labute approximate surface area is 140 Å². The van der Waals surface area contributed by atoms with Crippen LogP contribution < -0.4 is 5.32 Å². The summed E-state index contributed by atoms with van der Waals surface area (Å²) in [5, 5.41) is 2.75. The van der Waals surface area contributed by atoms with Gasteiger partial charge in [-0.1, -0.05) is 30.3 Å². The third kappa shape index (κ3) is 3.45. The SMILES string of the molecule is C[C@H](c1ccccc1)N1C[C@H](C(=O)Nc2ccc(F)cc2)CC1=O. The zero-order valence-corrected chi connectivity index (χ0v) is 13.4. The lowest BCUT2D eigenvalue weighted by Gasteiger charge is -2.25. The van der Waals surface area contributed by atoms with Gasteiger partial charge in [-0.05, 0) is 36.8 Å². The first-order chi connectivity index (χ1) is 11.5. The van der Waals surface area contributed by atoms with Gasteiger partial charge in [-0.2, -0.15) is 0 Å². The van der Waals surface area contributed by atoms with Crippen LogP contribution in [0.1, 0.15) is 24.9 Å². The predicted molar refractivity (Wildman–Crippen MR) is 89.7 cm³/mol. The van der Waals surface area contributed by atoms with E-state index in [4.69, 9.17) is 0 Å². The van der Waals surface area contributed by atoms with Crippen LogP contribution >= 0.6 is 0 Å². The average molecular weight is 326 g/mol. The van der Waals surface area contributed by atoms with Crippen LogP contribution in [0.5, 0.6) is 0 Å². The van der Waals surface area contributed by atoms with Crippen LogP contribution in [-0.4, -0.2) is 23.3 Å². The summed E-state index contributed by atoms with van der Waals surface area (Å²) in [5.41, 5.74) is 1.58. The second-order valence-corrected chi connectivity index (χ2v) is 6.03. The van der Waals surface area contributed by atoms with Crippen LogP contribution in [0.4, 0.5) is 10.1 Å². The van der Waals surface area contributed by atoms with Crippen molar-refractivity contribution in [3.63, 3.8) is 0 Å². The van der Waals surface area contributed by atoms with Gasteiger partial charge < -0.3 is 10.2 Å². The fraction of sp³-hybridized carbons (Fsp3) is 0.263. The highest BCUT2D eigenvalue weighted by atomic mass is 19.1. The van der Waals surface area contributed by atoms with E-state index in [1.807, 2.05) is 37.3 Å². The molecule has 2 aromatic rings. The summed E-state index contributed by atoms with van der Waals surface area (Å²) in [7, 11) is 0. The number of rotatable bonds is 4. The van der Waals surface area contributed by atoms with Crippen LogP contribution in [0.3, 0.4) is 0 Å². The monoisotopic (exact) mass is 326 g/mol. The Balaban J connectivity index is 1.65. The van der Waals surface area contributed by atoms with Crippen molar-refractivity contribution in [1.82, 2.24) is 4.90 Å². The molecule has 5 heteroatoms. The summed E-state index contributed by atoms with van der Waals surface area (Å²) in [4.78, 5) is 26.4. The van der Waals surface area contributed by atoms with Crippen LogP contribution in [0.25, 0.3) is 0 Å². The number of carbonyl (C=O) groups is 2. The van der Waals surface area contributed by atoms with Crippen LogP contribution in [-0.2, 0) is 9.59 Å². The lowest BCUT2D eigenvalue weighted by Crippen LogP contribution is -2.30. The number of nitrogens with one attached hydrogen (secondary N) is 1. The molecule has 2 aromatic carbocycles. The zero-order valence-electron chi connectivity index (χ0n) is 13.4. The smallest absolute Gasteiger partial charge is 0.229 e. The highest BCUT2D eigenvalue weighted by Crippen LogP contribution is 2.29. The molecular weight excluding hydrogens is 307 g/mol. The van der Waals surface area contributed by atoms with E-state index >= 15 is 0 Å². The molecule has 0 aliphatic carbocycles. The summed E-state index contributed by atoms with van der Waals surface area (Å²) >= 11 is 0. The highest BCUT2D eigenvalue weighted by Gasteiger charge is 2.36. The molecule has 24 heavy (non-hydrogen) atoms. The fourth-order valence-electron chi connectivity index (χ4n) is 2.97. The minimum Gasteiger partial charge on any atom is -0.335 e. The van der Waals surface area contributed by atoms with Crippen molar-refractivity contribution in [3.05, 3.63) is 66.0 Å². The lowest BCUT2D eigenvalue weighted by molar-refractivity contribution is -0.129. The molecule has 2 amide bonds. The van der Waals surface area contributed by atoms with E-state index in [1.165, 1.54) is 24.3 Å². The van der Waals surface area contributed by atoms with Crippen LogP contribution in [0.15, 0.2) is 54.6 Å². The first-order valence-electron chi connectivity index (χ1n) is 7.95. The van der Waals surface area contributed by atoms with E-state index < -0.39 is 5.92 Å². The van der Waals surface area contributed by atoms with E-state index in [2.05, 4.69) is 5.32 Å². The maximum Gasteiger partial charge on any atom is 0.229 e. The Bertz CT molecular complexity index is 731. The molecule has 1 heterocycles. The Morgan fingerprint density at radius 1 is 1.17 bits per heavy atom. The maximum atomic E-state index is 12.9. The van der Waals surface area contributed by atoms with Gasteiger partial charge in [-0.25, -0.2) is 4.39 Å². The molecule has 1 N–H and O–H groups in total. The number of hydrogen-bond acceptors (Lipinski definition) is 2. The number of benzene rings is 2. The molecular formula is C19H19FN2O2. The number of amides is 2. The largest absolute Gasteiger partial charge is 0.335 e. The summed E-state index contributed by atoms with van der Waals surface area (Å²) in [6.45, 7) is 2.36. The van der Waals surface area contributed by atoms with Gasteiger partial charge in [0, 0.05) is 18.7 Å². The number of halogens is 1. The van der Waals surface area contributed by atoms with Crippen molar-refractivity contribution >= 4 is 17.5 Å². The quantitative estimate of drug-likeness (QED) is 0.936. The van der Waals surface area contributed by atoms with Gasteiger partial charge in [0.15, 0.2) is 0 Å². The van der Waals surface area contributed by atoms with Gasteiger partial charge in [0.2, 0.25) is 11.8 Å². The normalized spacial score (nSPS) is 18.5. The van der Waals surface area contributed by atoms with Crippen LogP contribution in [0.2, 0.25) is 0 Å². The first kappa shape index (κ1) is 16.2. The molecule has 0 spiro atoms. The van der Waals surface area contributed by atoms with E-state index in [9.17, 15) is 14.0 Å².